The molecule has 0 spiro atoms. The Balaban J connectivity index is 2.69. The fraction of sp³-hybridized carbons (Fsp3) is 0.538. The third kappa shape index (κ3) is 4.40. The van der Waals surface area contributed by atoms with E-state index in [2.05, 4.69) is 4.72 Å². The third-order valence-electron chi connectivity index (χ3n) is 2.71. The van der Waals surface area contributed by atoms with Gasteiger partial charge in [-0.3, -0.25) is 0 Å². The van der Waals surface area contributed by atoms with Gasteiger partial charge in [0.2, 0.25) is 10.0 Å². The van der Waals surface area contributed by atoms with Gasteiger partial charge in [0.05, 0.1) is 11.0 Å². The van der Waals surface area contributed by atoms with Crippen LogP contribution < -0.4 is 4.72 Å². The van der Waals surface area contributed by atoms with E-state index in [-0.39, 0.29) is 0 Å². The van der Waals surface area contributed by atoms with Crippen molar-refractivity contribution < 1.29 is 13.5 Å². The Morgan fingerprint density at radius 2 is 2.00 bits per heavy atom. The first-order valence-electron chi connectivity index (χ1n) is 6.08. The van der Waals surface area contributed by atoms with Gasteiger partial charge < -0.3 is 5.11 Å². The van der Waals surface area contributed by atoms with Crippen LogP contribution >= 0.6 is 0 Å². The van der Waals surface area contributed by atoms with Gasteiger partial charge in [-0.05, 0) is 45.2 Å². The summed E-state index contributed by atoms with van der Waals surface area (Å²) in [5, 5.41) is 9.10. The molecule has 1 rings (SSSR count). The van der Waals surface area contributed by atoms with Crippen molar-refractivity contribution in [2.24, 2.45) is 0 Å². The molecule has 4 nitrogen and oxygen atoms in total. The Bertz CT molecular complexity index is 495. The molecule has 0 bridgehead atoms. The van der Waals surface area contributed by atoms with E-state index in [0.717, 1.165) is 11.1 Å². The molecular weight excluding hydrogens is 250 g/mol. The Morgan fingerprint density at radius 1 is 1.33 bits per heavy atom. The van der Waals surface area contributed by atoms with Crippen molar-refractivity contribution in [2.45, 2.75) is 44.6 Å². The molecule has 1 aromatic carbocycles. The summed E-state index contributed by atoms with van der Waals surface area (Å²) >= 11 is 0. The van der Waals surface area contributed by atoms with Gasteiger partial charge in [0, 0.05) is 6.54 Å². The minimum Gasteiger partial charge on any atom is -0.393 e. The van der Waals surface area contributed by atoms with E-state index in [0.29, 0.717) is 24.3 Å². The van der Waals surface area contributed by atoms with Crippen LogP contribution in [0.1, 0.15) is 30.9 Å². The number of nitrogens with one attached hydrogen (secondary N) is 1. The van der Waals surface area contributed by atoms with Crippen LogP contribution in [0.2, 0.25) is 0 Å². The topological polar surface area (TPSA) is 66.4 Å². The van der Waals surface area contributed by atoms with Crippen molar-refractivity contribution in [3.63, 3.8) is 0 Å². The van der Waals surface area contributed by atoms with E-state index < -0.39 is 16.1 Å². The second kappa shape index (κ2) is 6.31. The Kier molecular flexibility index (Phi) is 5.31. The zero-order valence-corrected chi connectivity index (χ0v) is 11.9. The lowest BCUT2D eigenvalue weighted by molar-refractivity contribution is 0.182. The Hall–Kier alpha value is -0.910. The number of aliphatic hydroxyl groups excluding tert-OH is 1. The van der Waals surface area contributed by atoms with Crippen LogP contribution in [-0.2, 0) is 10.0 Å². The highest BCUT2D eigenvalue weighted by Gasteiger charge is 2.15. The first-order chi connectivity index (χ1) is 8.33. The summed E-state index contributed by atoms with van der Waals surface area (Å²) in [5.74, 6) is 0. The minimum atomic E-state index is -3.44. The number of aliphatic hydroxyl groups is 1. The van der Waals surface area contributed by atoms with Gasteiger partial charge in [0.25, 0.3) is 0 Å². The summed E-state index contributed by atoms with van der Waals surface area (Å²) in [5.41, 5.74) is 1.79. The molecule has 0 aliphatic rings. The molecule has 0 aliphatic carbocycles. The maximum Gasteiger partial charge on any atom is 0.240 e. The quantitative estimate of drug-likeness (QED) is 0.775. The van der Waals surface area contributed by atoms with E-state index >= 15 is 0 Å². The lowest BCUT2D eigenvalue weighted by Gasteiger charge is -2.10. The van der Waals surface area contributed by atoms with Gasteiger partial charge >= 0.3 is 0 Å². The molecule has 18 heavy (non-hydrogen) atoms. The van der Waals surface area contributed by atoms with Crippen molar-refractivity contribution in [2.75, 3.05) is 6.54 Å². The number of rotatable bonds is 6. The second-order valence-electron chi connectivity index (χ2n) is 4.66. The summed E-state index contributed by atoms with van der Waals surface area (Å²) in [6, 6.07) is 5.27. The van der Waals surface area contributed by atoms with Gasteiger partial charge in [0.1, 0.15) is 0 Å². The molecule has 0 aliphatic heterocycles. The SMILES string of the molecule is Cc1ccc(S(=O)(=O)NCCCC(C)O)c(C)c1. The molecule has 1 unspecified atom stereocenters. The fourth-order valence-electron chi connectivity index (χ4n) is 1.78. The molecular formula is C13H21NO3S. The molecule has 2 N–H and O–H groups in total. The first kappa shape index (κ1) is 15.1. The van der Waals surface area contributed by atoms with Crippen molar-refractivity contribution in [3.8, 4) is 0 Å². The van der Waals surface area contributed by atoms with E-state index in [1.807, 2.05) is 13.0 Å². The summed E-state index contributed by atoms with van der Waals surface area (Å²) in [6.07, 6.45) is 0.827. The molecule has 0 saturated carbocycles. The molecule has 0 saturated heterocycles. The number of aryl methyl sites for hydroxylation is 2. The molecule has 0 fully saturated rings. The van der Waals surface area contributed by atoms with E-state index in [4.69, 9.17) is 5.11 Å². The maximum absolute atomic E-state index is 12.0. The average Bonchev–Trinajstić information content (AvgIpc) is 2.23. The molecule has 0 radical (unpaired) electrons. The normalized spacial score (nSPS) is 13.6. The monoisotopic (exact) mass is 271 g/mol. The van der Waals surface area contributed by atoms with Crippen molar-refractivity contribution in [3.05, 3.63) is 29.3 Å². The van der Waals surface area contributed by atoms with E-state index in [9.17, 15) is 8.42 Å². The third-order valence-corrected chi connectivity index (χ3v) is 4.33. The number of hydrogen-bond acceptors (Lipinski definition) is 3. The van der Waals surface area contributed by atoms with Crippen molar-refractivity contribution in [1.82, 2.24) is 4.72 Å². The molecule has 102 valence electrons. The van der Waals surface area contributed by atoms with Crippen LogP contribution in [0.3, 0.4) is 0 Å². The fourth-order valence-corrected chi connectivity index (χ4v) is 3.08. The van der Waals surface area contributed by atoms with Gasteiger partial charge in [0.15, 0.2) is 0 Å². The molecule has 0 amide bonds. The highest BCUT2D eigenvalue weighted by molar-refractivity contribution is 7.89. The standard InChI is InChI=1S/C13H21NO3S/c1-10-6-7-13(11(2)9-10)18(16,17)14-8-4-5-12(3)15/h6-7,9,12,14-15H,4-5,8H2,1-3H3. The smallest absolute Gasteiger partial charge is 0.240 e. The Labute approximate surface area is 109 Å². The summed E-state index contributed by atoms with van der Waals surface area (Å²) in [4.78, 5) is 0.324. The first-order valence-corrected chi connectivity index (χ1v) is 7.56. The highest BCUT2D eigenvalue weighted by Crippen LogP contribution is 2.16. The zero-order chi connectivity index (χ0) is 13.8. The maximum atomic E-state index is 12.0. The van der Waals surface area contributed by atoms with Crippen LogP contribution in [0.25, 0.3) is 0 Å². The van der Waals surface area contributed by atoms with Crippen LogP contribution in [0.15, 0.2) is 23.1 Å². The lowest BCUT2D eigenvalue weighted by atomic mass is 10.2. The largest absolute Gasteiger partial charge is 0.393 e. The lowest BCUT2D eigenvalue weighted by Crippen LogP contribution is -2.26. The Morgan fingerprint density at radius 3 is 2.56 bits per heavy atom. The molecule has 1 aromatic rings. The van der Waals surface area contributed by atoms with Gasteiger partial charge in [-0.25, -0.2) is 13.1 Å². The van der Waals surface area contributed by atoms with E-state index in [1.54, 1.807) is 26.0 Å². The molecule has 5 heteroatoms. The van der Waals surface area contributed by atoms with Crippen LogP contribution in [0, 0.1) is 13.8 Å². The highest BCUT2D eigenvalue weighted by atomic mass is 32.2. The summed E-state index contributed by atoms with van der Waals surface area (Å²) < 4.78 is 26.6. The van der Waals surface area contributed by atoms with Crippen LogP contribution in [-0.4, -0.2) is 26.2 Å². The van der Waals surface area contributed by atoms with Gasteiger partial charge in [-0.15, -0.1) is 0 Å². The van der Waals surface area contributed by atoms with Gasteiger partial charge in [-0.2, -0.15) is 0 Å². The molecule has 1 atom stereocenters. The minimum absolute atomic E-state index is 0.324. The van der Waals surface area contributed by atoms with Crippen LogP contribution in [0.4, 0.5) is 0 Å². The van der Waals surface area contributed by atoms with Crippen molar-refractivity contribution in [1.29, 1.82) is 0 Å². The number of benzene rings is 1. The van der Waals surface area contributed by atoms with Crippen LogP contribution in [0.5, 0.6) is 0 Å². The average molecular weight is 271 g/mol. The van der Waals surface area contributed by atoms with Crippen molar-refractivity contribution >= 4 is 10.0 Å². The number of hydrogen-bond donors (Lipinski definition) is 2. The second-order valence-corrected chi connectivity index (χ2v) is 6.39. The van der Waals surface area contributed by atoms with Gasteiger partial charge in [-0.1, -0.05) is 17.7 Å². The van der Waals surface area contributed by atoms with E-state index in [1.165, 1.54) is 0 Å². The number of sulfonamides is 1. The zero-order valence-electron chi connectivity index (χ0n) is 11.1. The predicted octanol–water partition coefficient (Wildman–Crippen LogP) is 1.74. The summed E-state index contributed by atoms with van der Waals surface area (Å²) in [6.45, 7) is 5.76. The summed E-state index contributed by atoms with van der Waals surface area (Å²) in [7, 11) is -3.44. The molecule has 0 aromatic heterocycles. The predicted molar refractivity (Wildman–Crippen MR) is 72.0 cm³/mol. The molecule has 0 heterocycles.